The maximum Gasteiger partial charge on any atom is 0.348 e. The SMILES string of the molecule is CC(=NC1CC(O)C1)/C(=C(\N)OCC[C@@H](C)Nc1nc(Cl)ncc1Cl)[N+](=O)[O-]. The van der Waals surface area contributed by atoms with Gasteiger partial charge < -0.3 is 20.9 Å². The van der Waals surface area contributed by atoms with E-state index < -0.39 is 11.0 Å². The number of aliphatic hydroxyl groups is 1. The maximum atomic E-state index is 11.3. The number of nitrogens with zero attached hydrogens (tertiary/aromatic N) is 4. The van der Waals surface area contributed by atoms with Crippen LogP contribution in [0, 0.1) is 10.1 Å². The summed E-state index contributed by atoms with van der Waals surface area (Å²) in [6.45, 7) is 3.49. The summed E-state index contributed by atoms with van der Waals surface area (Å²) in [7, 11) is 0. The highest BCUT2D eigenvalue weighted by Gasteiger charge is 2.29. The largest absolute Gasteiger partial charge is 0.474 e. The average molecular weight is 433 g/mol. The minimum absolute atomic E-state index is 0.0619. The Morgan fingerprint density at radius 2 is 2.25 bits per heavy atom. The second kappa shape index (κ2) is 9.85. The Morgan fingerprint density at radius 3 is 2.86 bits per heavy atom. The lowest BCUT2D eigenvalue weighted by Crippen LogP contribution is -2.33. The van der Waals surface area contributed by atoms with Crippen LogP contribution in [0.5, 0.6) is 0 Å². The third kappa shape index (κ3) is 6.18. The van der Waals surface area contributed by atoms with E-state index in [2.05, 4.69) is 20.3 Å². The highest BCUT2D eigenvalue weighted by Crippen LogP contribution is 2.24. The predicted molar refractivity (Wildman–Crippen MR) is 106 cm³/mol. The Bertz CT molecular complexity index is 782. The number of aliphatic hydroxyl groups excluding tert-OH is 1. The van der Waals surface area contributed by atoms with E-state index in [9.17, 15) is 15.2 Å². The third-order valence-electron chi connectivity index (χ3n) is 4.13. The zero-order valence-corrected chi connectivity index (χ0v) is 16.9. The summed E-state index contributed by atoms with van der Waals surface area (Å²) in [6.07, 6.45) is 2.43. The van der Waals surface area contributed by atoms with E-state index in [0.717, 1.165) is 0 Å². The molecule has 1 aromatic rings. The number of ether oxygens (including phenoxy) is 1. The fourth-order valence-corrected chi connectivity index (χ4v) is 2.85. The number of aliphatic imine (C=N–C) groups is 1. The topological polar surface area (TPSA) is 149 Å². The lowest BCUT2D eigenvalue weighted by Gasteiger charge is -2.28. The first kappa shape index (κ1) is 22.1. The first-order chi connectivity index (χ1) is 13.2. The van der Waals surface area contributed by atoms with Crippen molar-refractivity contribution in [1.82, 2.24) is 9.97 Å². The zero-order chi connectivity index (χ0) is 20.8. The van der Waals surface area contributed by atoms with Crippen LogP contribution in [0.15, 0.2) is 22.8 Å². The van der Waals surface area contributed by atoms with Crippen molar-refractivity contribution in [2.45, 2.75) is 51.3 Å². The molecule has 0 aliphatic heterocycles. The fourth-order valence-electron chi connectivity index (χ4n) is 2.57. The molecule has 1 aliphatic carbocycles. The van der Waals surface area contributed by atoms with Crippen LogP contribution in [-0.2, 0) is 4.74 Å². The molecule has 10 nitrogen and oxygen atoms in total. The number of nitro groups is 1. The van der Waals surface area contributed by atoms with Gasteiger partial charge in [-0.1, -0.05) is 11.6 Å². The van der Waals surface area contributed by atoms with Gasteiger partial charge in [-0.3, -0.25) is 15.1 Å². The number of allylic oxidation sites excluding steroid dienone is 1. The number of aromatic nitrogens is 2. The Kier molecular flexibility index (Phi) is 7.78. The van der Waals surface area contributed by atoms with Crippen molar-refractivity contribution < 1.29 is 14.8 Å². The molecule has 0 spiro atoms. The van der Waals surface area contributed by atoms with Gasteiger partial charge in [0.05, 0.1) is 29.9 Å². The van der Waals surface area contributed by atoms with Crippen molar-refractivity contribution in [2.75, 3.05) is 11.9 Å². The molecule has 4 N–H and O–H groups in total. The molecule has 0 saturated heterocycles. The van der Waals surface area contributed by atoms with Crippen LogP contribution in [0.2, 0.25) is 10.3 Å². The molecule has 0 amide bonds. The Morgan fingerprint density at radius 1 is 1.57 bits per heavy atom. The van der Waals surface area contributed by atoms with Crippen LogP contribution in [0.3, 0.4) is 0 Å². The van der Waals surface area contributed by atoms with E-state index in [0.29, 0.717) is 30.1 Å². The predicted octanol–water partition coefficient (Wildman–Crippen LogP) is 2.38. The minimum atomic E-state index is -0.617. The van der Waals surface area contributed by atoms with Gasteiger partial charge in [0, 0.05) is 12.5 Å². The molecule has 1 saturated carbocycles. The minimum Gasteiger partial charge on any atom is -0.474 e. The van der Waals surface area contributed by atoms with E-state index >= 15 is 0 Å². The van der Waals surface area contributed by atoms with Gasteiger partial charge in [0.25, 0.3) is 5.88 Å². The third-order valence-corrected chi connectivity index (χ3v) is 4.59. The van der Waals surface area contributed by atoms with Gasteiger partial charge in [-0.25, -0.2) is 4.98 Å². The molecule has 1 aromatic heterocycles. The number of hydrogen-bond donors (Lipinski definition) is 3. The Labute approximate surface area is 172 Å². The van der Waals surface area contributed by atoms with Crippen LogP contribution in [0.4, 0.5) is 5.82 Å². The van der Waals surface area contributed by atoms with Gasteiger partial charge in [-0.2, -0.15) is 4.98 Å². The van der Waals surface area contributed by atoms with Crippen molar-refractivity contribution in [1.29, 1.82) is 0 Å². The molecule has 1 atom stereocenters. The van der Waals surface area contributed by atoms with Gasteiger partial charge in [0.2, 0.25) is 5.28 Å². The maximum absolute atomic E-state index is 11.3. The van der Waals surface area contributed by atoms with E-state index in [4.69, 9.17) is 33.7 Å². The second-order valence-electron chi connectivity index (χ2n) is 6.48. The first-order valence-electron chi connectivity index (χ1n) is 8.61. The van der Waals surface area contributed by atoms with Gasteiger partial charge in [-0.15, -0.1) is 0 Å². The van der Waals surface area contributed by atoms with Gasteiger partial charge in [-0.05, 0) is 38.3 Å². The van der Waals surface area contributed by atoms with E-state index in [1.54, 1.807) is 0 Å². The van der Waals surface area contributed by atoms with Crippen molar-refractivity contribution in [3.63, 3.8) is 0 Å². The van der Waals surface area contributed by atoms with Gasteiger partial charge >= 0.3 is 5.70 Å². The summed E-state index contributed by atoms with van der Waals surface area (Å²) >= 11 is 11.7. The molecule has 0 unspecified atom stereocenters. The average Bonchev–Trinajstić information content (AvgIpc) is 2.56. The van der Waals surface area contributed by atoms with Crippen LogP contribution >= 0.6 is 23.2 Å². The Balaban J connectivity index is 1.93. The number of rotatable bonds is 9. The number of nitrogens with two attached hydrogens (primary N) is 1. The summed E-state index contributed by atoms with van der Waals surface area (Å²) in [5.41, 5.74) is 5.58. The monoisotopic (exact) mass is 432 g/mol. The van der Waals surface area contributed by atoms with E-state index in [-0.39, 0.29) is 41.3 Å². The molecule has 12 heteroatoms. The summed E-state index contributed by atoms with van der Waals surface area (Å²) in [5.74, 6) is 0.0794. The Hall–Kier alpha value is -2.17. The summed E-state index contributed by atoms with van der Waals surface area (Å²) in [4.78, 5) is 22.7. The summed E-state index contributed by atoms with van der Waals surface area (Å²) in [5, 5.41) is 24.1. The number of hydrogen-bond acceptors (Lipinski definition) is 9. The molecule has 1 fully saturated rings. The van der Waals surface area contributed by atoms with Crippen molar-refractivity contribution in [3.8, 4) is 0 Å². The zero-order valence-electron chi connectivity index (χ0n) is 15.4. The second-order valence-corrected chi connectivity index (χ2v) is 7.23. The molecule has 1 aliphatic rings. The van der Waals surface area contributed by atoms with Crippen LogP contribution in [0.25, 0.3) is 0 Å². The smallest absolute Gasteiger partial charge is 0.348 e. The lowest BCUT2D eigenvalue weighted by molar-refractivity contribution is -0.418. The molecular weight excluding hydrogens is 411 g/mol. The molecular formula is C16H22Cl2N6O4. The standard InChI is InChI=1S/C16H22Cl2N6O4/c1-8(21-15-12(17)7-20-16(18)23-15)3-4-28-14(19)13(24(26)27)9(2)22-10-5-11(25)6-10/h7-8,10-11,25H,3-6,19H2,1-2H3,(H,20,21,23)/b14-13-,22-9?/t8-,10?,11?/m1/s1. The van der Waals surface area contributed by atoms with Crippen LogP contribution < -0.4 is 11.1 Å². The lowest BCUT2D eigenvalue weighted by atomic mass is 9.90. The molecule has 0 radical (unpaired) electrons. The quantitative estimate of drug-likeness (QED) is 0.177. The van der Waals surface area contributed by atoms with Gasteiger partial charge in [0.15, 0.2) is 0 Å². The van der Waals surface area contributed by atoms with E-state index in [1.807, 2.05) is 6.92 Å². The fraction of sp³-hybridized carbons (Fsp3) is 0.562. The highest BCUT2D eigenvalue weighted by molar-refractivity contribution is 6.33. The van der Waals surface area contributed by atoms with Gasteiger partial charge in [0.1, 0.15) is 16.6 Å². The number of anilines is 1. The van der Waals surface area contributed by atoms with Crippen molar-refractivity contribution in [2.24, 2.45) is 10.7 Å². The van der Waals surface area contributed by atoms with Crippen LogP contribution in [0.1, 0.15) is 33.1 Å². The van der Waals surface area contributed by atoms with Crippen LogP contribution in [-0.4, -0.2) is 50.5 Å². The van der Waals surface area contributed by atoms with Crippen molar-refractivity contribution >= 4 is 34.7 Å². The normalized spacial score (nSPS) is 21.4. The number of nitrogens with one attached hydrogen (secondary N) is 1. The molecule has 28 heavy (non-hydrogen) atoms. The molecule has 1 heterocycles. The first-order valence-corrected chi connectivity index (χ1v) is 9.37. The molecule has 154 valence electrons. The molecule has 0 aromatic carbocycles. The van der Waals surface area contributed by atoms with Crippen molar-refractivity contribution in [3.05, 3.63) is 38.2 Å². The highest BCUT2D eigenvalue weighted by atomic mass is 35.5. The summed E-state index contributed by atoms with van der Waals surface area (Å²) < 4.78 is 5.36. The van der Waals surface area contributed by atoms with E-state index in [1.165, 1.54) is 13.1 Å². The number of halogens is 2. The molecule has 2 rings (SSSR count). The molecule has 0 bridgehead atoms. The summed E-state index contributed by atoms with van der Waals surface area (Å²) in [6, 6.07) is -0.257.